The van der Waals surface area contributed by atoms with Crippen LogP contribution in [0.25, 0.3) is 0 Å². The smallest absolute Gasteiger partial charge is 0.341 e. The van der Waals surface area contributed by atoms with Gasteiger partial charge in [0.15, 0.2) is 6.61 Å². The average Bonchev–Trinajstić information content (AvgIpc) is 2.13. The summed E-state index contributed by atoms with van der Waals surface area (Å²) >= 11 is 3.42. The van der Waals surface area contributed by atoms with Crippen LogP contribution in [0.2, 0.25) is 0 Å². The summed E-state index contributed by atoms with van der Waals surface area (Å²) in [5.41, 5.74) is 2.03. The molecule has 0 aliphatic heterocycles. The number of hydrogen-bond acceptors (Lipinski definition) is 2. The highest BCUT2D eigenvalue weighted by molar-refractivity contribution is 9.10. The van der Waals surface area contributed by atoms with E-state index >= 15 is 0 Å². The number of carbonyl (C=O) groups is 1. The molecule has 1 aromatic rings. The van der Waals surface area contributed by atoms with Crippen LogP contribution < -0.4 is 4.74 Å². The molecule has 0 unspecified atom stereocenters. The third-order valence-corrected chi connectivity index (χ3v) is 2.92. The van der Waals surface area contributed by atoms with Crippen molar-refractivity contribution in [2.75, 3.05) is 6.61 Å². The van der Waals surface area contributed by atoms with Crippen molar-refractivity contribution in [2.24, 2.45) is 0 Å². The minimum Gasteiger partial charge on any atom is -0.480 e. The molecule has 17 heavy (non-hydrogen) atoms. The highest BCUT2D eigenvalue weighted by Crippen LogP contribution is 2.38. The highest BCUT2D eigenvalue weighted by Gasteiger charge is 2.22. The predicted octanol–water partition coefficient (Wildman–Crippen LogP) is 3.52. The van der Waals surface area contributed by atoms with E-state index in [1.807, 2.05) is 19.1 Å². The summed E-state index contributed by atoms with van der Waals surface area (Å²) in [5.74, 6) is -0.358. The topological polar surface area (TPSA) is 46.5 Å². The SMILES string of the molecule is Cc1cc(Br)c(OCC(=O)O)c(C(C)(C)C)c1. The van der Waals surface area contributed by atoms with Crippen LogP contribution in [0.1, 0.15) is 31.9 Å². The molecule has 1 N–H and O–H groups in total. The summed E-state index contributed by atoms with van der Waals surface area (Å²) in [5, 5.41) is 8.67. The van der Waals surface area contributed by atoms with Gasteiger partial charge in [0.05, 0.1) is 4.47 Å². The van der Waals surface area contributed by atoms with Crippen LogP contribution in [0.15, 0.2) is 16.6 Å². The molecule has 0 saturated heterocycles. The van der Waals surface area contributed by atoms with E-state index in [-0.39, 0.29) is 12.0 Å². The van der Waals surface area contributed by atoms with Gasteiger partial charge in [-0.25, -0.2) is 4.79 Å². The van der Waals surface area contributed by atoms with Gasteiger partial charge in [-0.2, -0.15) is 0 Å². The number of halogens is 1. The first-order valence-electron chi connectivity index (χ1n) is 5.37. The minimum atomic E-state index is -0.975. The Bertz CT molecular complexity index is 433. The molecule has 0 atom stereocenters. The Morgan fingerprint density at radius 2 is 2.00 bits per heavy atom. The van der Waals surface area contributed by atoms with Crippen LogP contribution in [0, 0.1) is 6.92 Å². The lowest BCUT2D eigenvalue weighted by Crippen LogP contribution is -2.17. The van der Waals surface area contributed by atoms with E-state index in [0.29, 0.717) is 5.75 Å². The number of aryl methyl sites for hydroxylation is 1. The molecule has 0 bridgehead atoms. The van der Waals surface area contributed by atoms with Crippen molar-refractivity contribution >= 4 is 21.9 Å². The van der Waals surface area contributed by atoms with Crippen LogP contribution in [0.5, 0.6) is 5.75 Å². The van der Waals surface area contributed by atoms with Crippen molar-refractivity contribution in [1.29, 1.82) is 0 Å². The monoisotopic (exact) mass is 300 g/mol. The Hall–Kier alpha value is -1.03. The number of hydrogen-bond donors (Lipinski definition) is 1. The first kappa shape index (κ1) is 14.0. The van der Waals surface area contributed by atoms with Gasteiger partial charge in [-0.15, -0.1) is 0 Å². The van der Waals surface area contributed by atoms with Gasteiger partial charge in [0.2, 0.25) is 0 Å². The van der Waals surface area contributed by atoms with E-state index in [1.165, 1.54) is 0 Å². The van der Waals surface area contributed by atoms with E-state index in [0.717, 1.165) is 15.6 Å². The quantitative estimate of drug-likeness (QED) is 0.929. The number of carboxylic acids is 1. The molecule has 0 aliphatic carbocycles. The second kappa shape index (κ2) is 5.08. The summed E-state index contributed by atoms with van der Waals surface area (Å²) in [4.78, 5) is 10.6. The van der Waals surface area contributed by atoms with Gasteiger partial charge in [0.1, 0.15) is 5.75 Å². The van der Waals surface area contributed by atoms with Crippen LogP contribution in [-0.2, 0) is 10.2 Å². The van der Waals surface area contributed by atoms with Gasteiger partial charge in [0.25, 0.3) is 0 Å². The van der Waals surface area contributed by atoms with Crippen molar-refractivity contribution in [3.05, 3.63) is 27.7 Å². The summed E-state index contributed by atoms with van der Waals surface area (Å²) in [6.07, 6.45) is 0. The molecule has 0 aromatic heterocycles. The van der Waals surface area contributed by atoms with Gasteiger partial charge in [-0.1, -0.05) is 26.8 Å². The van der Waals surface area contributed by atoms with Gasteiger partial charge < -0.3 is 9.84 Å². The Morgan fingerprint density at radius 1 is 1.41 bits per heavy atom. The Kier molecular flexibility index (Phi) is 4.20. The summed E-state index contributed by atoms with van der Waals surface area (Å²) in [6, 6.07) is 3.95. The molecule has 0 radical (unpaired) electrons. The first-order valence-corrected chi connectivity index (χ1v) is 6.16. The van der Waals surface area contributed by atoms with Gasteiger partial charge in [-0.3, -0.25) is 0 Å². The first-order chi connectivity index (χ1) is 7.71. The lowest BCUT2D eigenvalue weighted by Gasteiger charge is -2.24. The molecule has 1 rings (SSSR count). The van der Waals surface area contributed by atoms with E-state index in [1.54, 1.807) is 0 Å². The molecule has 0 saturated carbocycles. The molecular formula is C13H17BrO3. The maximum atomic E-state index is 10.6. The van der Waals surface area contributed by atoms with Gasteiger partial charge in [0, 0.05) is 5.56 Å². The van der Waals surface area contributed by atoms with E-state index in [2.05, 4.69) is 36.7 Å². The summed E-state index contributed by atoms with van der Waals surface area (Å²) < 4.78 is 6.16. The molecular weight excluding hydrogens is 284 g/mol. The molecule has 1 aromatic carbocycles. The van der Waals surface area contributed by atoms with Crippen LogP contribution in [-0.4, -0.2) is 17.7 Å². The van der Waals surface area contributed by atoms with Crippen LogP contribution in [0.3, 0.4) is 0 Å². The summed E-state index contributed by atoms with van der Waals surface area (Å²) in [7, 11) is 0. The second-order valence-electron chi connectivity index (χ2n) is 5.06. The predicted molar refractivity (Wildman–Crippen MR) is 70.7 cm³/mol. The number of rotatable bonds is 3. The lowest BCUT2D eigenvalue weighted by atomic mass is 9.85. The fourth-order valence-electron chi connectivity index (χ4n) is 1.57. The molecule has 0 heterocycles. The second-order valence-corrected chi connectivity index (χ2v) is 5.91. The lowest BCUT2D eigenvalue weighted by molar-refractivity contribution is -0.139. The van der Waals surface area contributed by atoms with Crippen molar-refractivity contribution in [1.82, 2.24) is 0 Å². The van der Waals surface area contributed by atoms with E-state index in [9.17, 15) is 4.79 Å². The number of carboxylic acid groups (broad SMARTS) is 1. The molecule has 0 fully saturated rings. The van der Waals surface area contributed by atoms with Gasteiger partial charge in [-0.05, 0) is 39.9 Å². The molecule has 0 amide bonds. The van der Waals surface area contributed by atoms with Crippen molar-refractivity contribution < 1.29 is 14.6 Å². The van der Waals surface area contributed by atoms with E-state index in [4.69, 9.17) is 9.84 Å². The van der Waals surface area contributed by atoms with E-state index < -0.39 is 5.97 Å². The maximum Gasteiger partial charge on any atom is 0.341 e. The van der Waals surface area contributed by atoms with Crippen molar-refractivity contribution in [3.63, 3.8) is 0 Å². The fraction of sp³-hybridized carbons (Fsp3) is 0.462. The van der Waals surface area contributed by atoms with Crippen LogP contribution in [0.4, 0.5) is 0 Å². The van der Waals surface area contributed by atoms with Gasteiger partial charge >= 0.3 is 5.97 Å². The molecule has 0 spiro atoms. The van der Waals surface area contributed by atoms with Crippen molar-refractivity contribution in [2.45, 2.75) is 33.1 Å². The molecule has 94 valence electrons. The largest absolute Gasteiger partial charge is 0.480 e. The zero-order chi connectivity index (χ0) is 13.2. The zero-order valence-corrected chi connectivity index (χ0v) is 12.1. The normalized spacial score (nSPS) is 11.4. The third kappa shape index (κ3) is 3.73. The molecule has 4 heteroatoms. The standard InChI is InChI=1S/C13H17BrO3/c1-8-5-9(13(2,3)4)12(10(14)6-8)17-7-11(15)16/h5-6H,7H2,1-4H3,(H,15,16). The highest BCUT2D eigenvalue weighted by atomic mass is 79.9. The zero-order valence-electron chi connectivity index (χ0n) is 10.5. The number of aliphatic carboxylic acids is 1. The minimum absolute atomic E-state index is 0.0949. The molecule has 0 aliphatic rings. The Morgan fingerprint density at radius 3 is 2.47 bits per heavy atom. The molecule has 3 nitrogen and oxygen atoms in total. The summed E-state index contributed by atoms with van der Waals surface area (Å²) in [6.45, 7) is 7.89. The van der Waals surface area contributed by atoms with Crippen molar-refractivity contribution in [3.8, 4) is 5.75 Å². The van der Waals surface area contributed by atoms with Crippen LogP contribution >= 0.6 is 15.9 Å². The number of benzene rings is 1. The fourth-order valence-corrected chi connectivity index (χ4v) is 2.26. The Labute approximate surface area is 110 Å². The Balaban J connectivity index is 3.21. The average molecular weight is 301 g/mol. The third-order valence-electron chi connectivity index (χ3n) is 2.34. The number of ether oxygens (including phenoxy) is 1. The maximum absolute atomic E-state index is 10.6.